The summed E-state index contributed by atoms with van der Waals surface area (Å²) in [7, 11) is 0. The van der Waals surface area contributed by atoms with Crippen LogP contribution in [0.15, 0.2) is 21.5 Å². The highest BCUT2D eigenvalue weighted by Gasteiger charge is 2.17. The van der Waals surface area contributed by atoms with Crippen molar-refractivity contribution in [3.05, 3.63) is 32.9 Å². The van der Waals surface area contributed by atoms with Gasteiger partial charge in [0.05, 0.1) is 11.2 Å². The molecule has 1 rings (SSSR count). The topological polar surface area (TPSA) is 99.4 Å². The molecule has 0 saturated carbocycles. The van der Waals surface area contributed by atoms with E-state index in [9.17, 15) is 14.9 Å². The number of nitro groups is 1. The van der Waals surface area contributed by atoms with Crippen molar-refractivity contribution in [2.75, 3.05) is 5.73 Å². The number of nitrogen functional groups attached to an aromatic ring is 1. The minimum Gasteiger partial charge on any atom is -0.426 e. The Balaban J connectivity index is 3.45. The van der Waals surface area contributed by atoms with Crippen LogP contribution in [0.25, 0.3) is 0 Å². The van der Waals surface area contributed by atoms with Crippen molar-refractivity contribution in [1.82, 2.24) is 0 Å². The van der Waals surface area contributed by atoms with E-state index < -0.39 is 16.2 Å². The Bertz CT molecular complexity index is 343. The molecule has 6 nitrogen and oxygen atoms in total. The number of anilines is 1. The molecule has 0 fully saturated rings. The Hall–Kier alpha value is -1.85. The zero-order chi connectivity index (χ0) is 8.43. The molecular weight excluding hydrogens is 152 g/mol. The van der Waals surface area contributed by atoms with Crippen molar-refractivity contribution in [2.45, 2.75) is 0 Å². The summed E-state index contributed by atoms with van der Waals surface area (Å²) in [4.78, 5) is 19.8. The van der Waals surface area contributed by atoms with Gasteiger partial charge in [0.2, 0.25) is 0 Å². The van der Waals surface area contributed by atoms with E-state index in [4.69, 9.17) is 5.73 Å². The lowest BCUT2D eigenvalue weighted by Crippen LogP contribution is -2.08. The van der Waals surface area contributed by atoms with E-state index in [1.165, 1.54) is 0 Å². The Kier molecular flexibility index (Phi) is 1.59. The molecule has 0 saturated heterocycles. The largest absolute Gasteiger partial charge is 0.426 e. The molecule has 0 aliphatic rings. The fourth-order valence-electron chi connectivity index (χ4n) is 0.602. The Morgan fingerprint density at radius 1 is 1.64 bits per heavy atom. The Morgan fingerprint density at radius 3 is 2.64 bits per heavy atom. The summed E-state index contributed by atoms with van der Waals surface area (Å²) >= 11 is 0. The lowest BCUT2D eigenvalue weighted by atomic mass is 10.4. The normalized spacial score (nSPS) is 9.45. The molecule has 58 valence electrons. The van der Waals surface area contributed by atoms with Crippen LogP contribution in [-0.2, 0) is 0 Å². The molecule has 1 aromatic heterocycles. The molecule has 0 spiro atoms. The molecule has 0 bridgehead atoms. The predicted octanol–water partition coefficient (Wildman–Crippen LogP) is 0.130. The van der Waals surface area contributed by atoms with Crippen molar-refractivity contribution >= 4 is 11.4 Å². The number of hydrogen-bond acceptors (Lipinski definition) is 5. The fourth-order valence-corrected chi connectivity index (χ4v) is 0.602. The SMILES string of the molecule is Nc1ccoc(=O)c1[N+](=O)[O-]. The Labute approximate surface area is 60.4 Å². The average molecular weight is 156 g/mol. The van der Waals surface area contributed by atoms with Gasteiger partial charge in [-0.3, -0.25) is 10.1 Å². The van der Waals surface area contributed by atoms with Crippen molar-refractivity contribution < 1.29 is 9.34 Å². The second kappa shape index (κ2) is 2.41. The first-order chi connectivity index (χ1) is 5.13. The van der Waals surface area contributed by atoms with Crippen molar-refractivity contribution in [2.24, 2.45) is 0 Å². The lowest BCUT2D eigenvalue weighted by Gasteiger charge is -1.91. The molecule has 6 heteroatoms. The maximum absolute atomic E-state index is 10.6. The van der Waals surface area contributed by atoms with E-state index in [1.54, 1.807) is 0 Å². The van der Waals surface area contributed by atoms with Gasteiger partial charge in [0.1, 0.15) is 5.69 Å². The summed E-state index contributed by atoms with van der Waals surface area (Å²) in [5, 5.41) is 10.1. The number of nitrogens with two attached hydrogens (primary N) is 1. The van der Waals surface area contributed by atoms with Gasteiger partial charge in [-0.05, 0) is 0 Å². The Morgan fingerprint density at radius 2 is 2.27 bits per heavy atom. The minimum absolute atomic E-state index is 0.189. The van der Waals surface area contributed by atoms with Crippen LogP contribution < -0.4 is 11.4 Å². The van der Waals surface area contributed by atoms with Crippen LogP contribution >= 0.6 is 0 Å². The first-order valence-electron chi connectivity index (χ1n) is 2.64. The zero-order valence-electron chi connectivity index (χ0n) is 5.31. The van der Waals surface area contributed by atoms with E-state index in [0.717, 1.165) is 12.3 Å². The lowest BCUT2D eigenvalue weighted by molar-refractivity contribution is -0.386. The summed E-state index contributed by atoms with van der Waals surface area (Å²) in [5.74, 6) is 0. The molecule has 11 heavy (non-hydrogen) atoms. The molecule has 0 aliphatic heterocycles. The van der Waals surface area contributed by atoms with Crippen LogP contribution in [0.3, 0.4) is 0 Å². The van der Waals surface area contributed by atoms with E-state index in [2.05, 4.69) is 4.42 Å². The monoisotopic (exact) mass is 156 g/mol. The quantitative estimate of drug-likeness (QED) is 0.460. The van der Waals surface area contributed by atoms with Gasteiger partial charge in [-0.15, -0.1) is 0 Å². The summed E-state index contributed by atoms with van der Waals surface area (Å²) in [5.41, 5.74) is 3.18. The molecule has 1 heterocycles. The molecule has 0 unspecified atom stereocenters. The predicted molar refractivity (Wildman–Crippen MR) is 36.0 cm³/mol. The molecule has 2 N–H and O–H groups in total. The molecule has 0 atom stereocenters. The number of rotatable bonds is 1. The average Bonchev–Trinajstić information content (AvgIpc) is 1.85. The van der Waals surface area contributed by atoms with Gasteiger partial charge >= 0.3 is 11.3 Å². The highest BCUT2D eigenvalue weighted by atomic mass is 16.6. The highest BCUT2D eigenvalue weighted by Crippen LogP contribution is 2.13. The van der Waals surface area contributed by atoms with Gasteiger partial charge in [-0.2, -0.15) is 0 Å². The standard InChI is InChI=1S/C5H4N2O4/c6-3-1-2-11-5(8)4(3)7(9)10/h1-2H,6H2. The zero-order valence-corrected chi connectivity index (χ0v) is 5.31. The first-order valence-corrected chi connectivity index (χ1v) is 2.64. The molecule has 0 aliphatic carbocycles. The third-order valence-corrected chi connectivity index (χ3v) is 1.07. The van der Waals surface area contributed by atoms with Gasteiger partial charge in [-0.25, -0.2) is 4.79 Å². The van der Waals surface area contributed by atoms with Crippen molar-refractivity contribution in [1.29, 1.82) is 0 Å². The van der Waals surface area contributed by atoms with Crippen molar-refractivity contribution in [3.63, 3.8) is 0 Å². The van der Waals surface area contributed by atoms with Gasteiger partial charge in [0.25, 0.3) is 0 Å². The molecule has 0 radical (unpaired) electrons. The summed E-state index contributed by atoms with van der Waals surface area (Å²) in [6, 6.07) is 1.15. The van der Waals surface area contributed by atoms with E-state index >= 15 is 0 Å². The third kappa shape index (κ3) is 1.18. The van der Waals surface area contributed by atoms with E-state index in [0.29, 0.717) is 0 Å². The number of nitrogens with zero attached hydrogens (tertiary/aromatic N) is 1. The molecule has 0 amide bonds. The number of hydrogen-bond donors (Lipinski definition) is 1. The van der Waals surface area contributed by atoms with Gasteiger partial charge < -0.3 is 10.2 Å². The van der Waals surface area contributed by atoms with E-state index in [-0.39, 0.29) is 5.69 Å². The summed E-state index contributed by atoms with van der Waals surface area (Å²) in [6.45, 7) is 0. The van der Waals surface area contributed by atoms with Gasteiger partial charge in [0, 0.05) is 6.07 Å². The van der Waals surface area contributed by atoms with Crippen LogP contribution in [0.2, 0.25) is 0 Å². The van der Waals surface area contributed by atoms with E-state index in [1.807, 2.05) is 0 Å². The first kappa shape index (κ1) is 7.26. The van der Waals surface area contributed by atoms with Crippen LogP contribution in [0.1, 0.15) is 0 Å². The molecule has 1 aromatic rings. The minimum atomic E-state index is -1.03. The third-order valence-electron chi connectivity index (χ3n) is 1.07. The highest BCUT2D eigenvalue weighted by molar-refractivity contribution is 5.54. The fraction of sp³-hybridized carbons (Fsp3) is 0. The maximum atomic E-state index is 10.6. The van der Waals surface area contributed by atoms with Gasteiger partial charge in [-0.1, -0.05) is 0 Å². The smallest absolute Gasteiger partial charge is 0.416 e. The molecule has 0 aromatic carbocycles. The maximum Gasteiger partial charge on any atom is 0.416 e. The van der Waals surface area contributed by atoms with Crippen LogP contribution in [0.5, 0.6) is 0 Å². The second-order valence-electron chi connectivity index (χ2n) is 1.77. The summed E-state index contributed by atoms with van der Waals surface area (Å²) < 4.78 is 4.22. The van der Waals surface area contributed by atoms with Crippen LogP contribution in [0.4, 0.5) is 11.4 Å². The van der Waals surface area contributed by atoms with Crippen molar-refractivity contribution in [3.8, 4) is 0 Å². The van der Waals surface area contributed by atoms with Crippen LogP contribution in [0, 0.1) is 10.1 Å². The van der Waals surface area contributed by atoms with Crippen LogP contribution in [-0.4, -0.2) is 4.92 Å². The summed E-state index contributed by atoms with van der Waals surface area (Å²) in [6.07, 6.45) is 1.00. The second-order valence-corrected chi connectivity index (χ2v) is 1.77. The molecular formula is C5H4N2O4. The van der Waals surface area contributed by atoms with Gasteiger partial charge in [0.15, 0.2) is 0 Å².